The first-order valence-electron chi connectivity index (χ1n) is 8.38. The molecule has 6 heteroatoms. The second kappa shape index (κ2) is 7.74. The van der Waals surface area contributed by atoms with Crippen LogP contribution in [0.4, 0.5) is 11.5 Å². The molecule has 26 heavy (non-hydrogen) atoms. The molecule has 0 spiro atoms. The zero-order valence-electron chi connectivity index (χ0n) is 15.1. The van der Waals surface area contributed by atoms with Crippen LogP contribution in [0, 0.1) is 20.8 Å². The number of hydrogen-bond donors (Lipinski definition) is 2. The number of carbonyl (C=O) groups is 1. The summed E-state index contributed by atoms with van der Waals surface area (Å²) in [6, 6.07) is 11.5. The van der Waals surface area contributed by atoms with Gasteiger partial charge >= 0.3 is 0 Å². The predicted octanol–water partition coefficient (Wildman–Crippen LogP) is 3.47. The molecule has 6 nitrogen and oxygen atoms in total. The van der Waals surface area contributed by atoms with E-state index >= 15 is 0 Å². The number of anilines is 2. The fourth-order valence-corrected chi connectivity index (χ4v) is 2.53. The van der Waals surface area contributed by atoms with Crippen LogP contribution >= 0.6 is 0 Å². The van der Waals surface area contributed by atoms with Gasteiger partial charge in [-0.15, -0.1) is 0 Å². The highest BCUT2D eigenvalue weighted by Gasteiger charge is 2.11. The average Bonchev–Trinajstić information content (AvgIpc) is 2.63. The van der Waals surface area contributed by atoms with Gasteiger partial charge in [-0.25, -0.2) is 9.97 Å². The minimum Gasteiger partial charge on any atom is -0.347 e. The van der Waals surface area contributed by atoms with Crippen LogP contribution in [0.25, 0.3) is 0 Å². The van der Waals surface area contributed by atoms with Crippen molar-refractivity contribution in [2.24, 2.45) is 0 Å². The van der Waals surface area contributed by atoms with Crippen molar-refractivity contribution in [1.29, 1.82) is 0 Å². The molecule has 3 rings (SSSR count). The molecule has 0 radical (unpaired) electrons. The highest BCUT2D eigenvalue weighted by atomic mass is 16.1. The van der Waals surface area contributed by atoms with Gasteiger partial charge < -0.3 is 10.6 Å². The van der Waals surface area contributed by atoms with Crippen LogP contribution in [-0.4, -0.2) is 20.9 Å². The van der Waals surface area contributed by atoms with E-state index < -0.39 is 0 Å². The first kappa shape index (κ1) is 17.5. The van der Waals surface area contributed by atoms with Crippen LogP contribution in [0.3, 0.4) is 0 Å². The molecule has 0 atom stereocenters. The number of aromatic nitrogens is 3. The standard InChI is InChI=1S/C20H21N5O/c1-13-4-5-14(2)17(10-13)25-19-11-18(23-15(3)24-19)20(26)22-12-16-6-8-21-9-7-16/h4-11H,12H2,1-3H3,(H,22,26)(H,23,24,25). The topological polar surface area (TPSA) is 79.8 Å². The molecule has 1 aromatic carbocycles. The van der Waals surface area contributed by atoms with Crippen molar-refractivity contribution in [2.75, 3.05) is 5.32 Å². The van der Waals surface area contributed by atoms with Crippen molar-refractivity contribution in [1.82, 2.24) is 20.3 Å². The van der Waals surface area contributed by atoms with Gasteiger partial charge in [0.15, 0.2) is 0 Å². The summed E-state index contributed by atoms with van der Waals surface area (Å²) in [4.78, 5) is 25.1. The molecule has 0 bridgehead atoms. The fraction of sp³-hybridized carbons (Fsp3) is 0.200. The van der Waals surface area contributed by atoms with Gasteiger partial charge in [0.1, 0.15) is 17.3 Å². The molecule has 0 fully saturated rings. The molecule has 0 aliphatic carbocycles. The Labute approximate surface area is 152 Å². The highest BCUT2D eigenvalue weighted by Crippen LogP contribution is 2.21. The summed E-state index contributed by atoms with van der Waals surface area (Å²) in [7, 11) is 0. The maximum Gasteiger partial charge on any atom is 0.270 e. The van der Waals surface area contributed by atoms with Gasteiger partial charge in [0, 0.05) is 30.7 Å². The first-order valence-corrected chi connectivity index (χ1v) is 8.38. The van der Waals surface area contributed by atoms with Gasteiger partial charge in [-0.2, -0.15) is 0 Å². The Bertz CT molecular complexity index is 925. The molecule has 0 unspecified atom stereocenters. The van der Waals surface area contributed by atoms with Crippen molar-refractivity contribution in [3.8, 4) is 0 Å². The van der Waals surface area contributed by atoms with Crippen molar-refractivity contribution < 1.29 is 4.79 Å². The second-order valence-electron chi connectivity index (χ2n) is 6.17. The van der Waals surface area contributed by atoms with E-state index in [0.29, 0.717) is 23.9 Å². The van der Waals surface area contributed by atoms with E-state index in [1.807, 2.05) is 32.0 Å². The number of rotatable bonds is 5. The van der Waals surface area contributed by atoms with Crippen LogP contribution in [0.2, 0.25) is 0 Å². The molecule has 1 amide bonds. The Morgan fingerprint density at radius 3 is 2.54 bits per heavy atom. The molecule has 0 aliphatic rings. The zero-order chi connectivity index (χ0) is 18.5. The molecule has 2 N–H and O–H groups in total. The maximum absolute atomic E-state index is 12.5. The summed E-state index contributed by atoms with van der Waals surface area (Å²) in [6.07, 6.45) is 3.39. The van der Waals surface area contributed by atoms with Gasteiger partial charge in [0.2, 0.25) is 0 Å². The van der Waals surface area contributed by atoms with Crippen molar-refractivity contribution in [2.45, 2.75) is 27.3 Å². The quantitative estimate of drug-likeness (QED) is 0.739. The summed E-state index contributed by atoms with van der Waals surface area (Å²) in [6.45, 7) is 6.25. The van der Waals surface area contributed by atoms with Gasteiger partial charge in [0.25, 0.3) is 5.91 Å². The SMILES string of the molecule is Cc1ccc(C)c(Nc2cc(C(=O)NCc3ccncc3)nc(C)n2)c1. The molecular weight excluding hydrogens is 326 g/mol. The Morgan fingerprint density at radius 1 is 1.00 bits per heavy atom. The summed E-state index contributed by atoms with van der Waals surface area (Å²) >= 11 is 0. The lowest BCUT2D eigenvalue weighted by atomic mass is 10.1. The zero-order valence-corrected chi connectivity index (χ0v) is 15.1. The van der Waals surface area contributed by atoms with Crippen LogP contribution < -0.4 is 10.6 Å². The molecule has 2 heterocycles. The summed E-state index contributed by atoms with van der Waals surface area (Å²) < 4.78 is 0. The first-order chi connectivity index (χ1) is 12.5. The number of amides is 1. The van der Waals surface area contributed by atoms with E-state index in [2.05, 4.69) is 37.7 Å². The van der Waals surface area contributed by atoms with E-state index in [1.54, 1.807) is 25.4 Å². The minimum absolute atomic E-state index is 0.240. The smallest absolute Gasteiger partial charge is 0.270 e. The van der Waals surface area contributed by atoms with Gasteiger partial charge in [-0.3, -0.25) is 9.78 Å². The normalized spacial score (nSPS) is 10.4. The van der Waals surface area contributed by atoms with E-state index in [1.165, 1.54) is 0 Å². The molecule has 0 aliphatic heterocycles. The van der Waals surface area contributed by atoms with Crippen molar-refractivity contribution in [3.63, 3.8) is 0 Å². The van der Waals surface area contributed by atoms with E-state index in [0.717, 1.165) is 22.4 Å². The highest BCUT2D eigenvalue weighted by molar-refractivity contribution is 5.93. The lowest BCUT2D eigenvalue weighted by Gasteiger charge is -2.12. The molecule has 3 aromatic rings. The van der Waals surface area contributed by atoms with E-state index in [-0.39, 0.29) is 5.91 Å². The molecule has 132 valence electrons. The lowest BCUT2D eigenvalue weighted by molar-refractivity contribution is 0.0945. The molecule has 0 saturated carbocycles. The number of nitrogens with one attached hydrogen (secondary N) is 2. The number of pyridine rings is 1. The van der Waals surface area contributed by atoms with E-state index in [9.17, 15) is 4.79 Å². The van der Waals surface area contributed by atoms with Crippen molar-refractivity contribution in [3.05, 3.63) is 77.0 Å². The second-order valence-corrected chi connectivity index (χ2v) is 6.17. The minimum atomic E-state index is -0.240. The molecular formula is C20H21N5O. The Hall–Kier alpha value is -3.28. The number of hydrogen-bond acceptors (Lipinski definition) is 5. The van der Waals surface area contributed by atoms with Crippen LogP contribution in [0.5, 0.6) is 0 Å². The number of carbonyl (C=O) groups excluding carboxylic acids is 1. The van der Waals surface area contributed by atoms with Gasteiger partial charge in [0.05, 0.1) is 0 Å². The van der Waals surface area contributed by atoms with Crippen LogP contribution in [0.1, 0.15) is 33.0 Å². The monoisotopic (exact) mass is 347 g/mol. The van der Waals surface area contributed by atoms with E-state index in [4.69, 9.17) is 0 Å². The third-order valence-corrected chi connectivity index (χ3v) is 3.93. The number of benzene rings is 1. The maximum atomic E-state index is 12.5. The van der Waals surface area contributed by atoms with Gasteiger partial charge in [-0.1, -0.05) is 12.1 Å². The lowest BCUT2D eigenvalue weighted by Crippen LogP contribution is -2.24. The predicted molar refractivity (Wildman–Crippen MR) is 101 cm³/mol. The van der Waals surface area contributed by atoms with Crippen molar-refractivity contribution >= 4 is 17.4 Å². The largest absolute Gasteiger partial charge is 0.347 e. The summed E-state index contributed by atoms with van der Waals surface area (Å²) in [5.74, 6) is 0.894. The molecule has 0 saturated heterocycles. The Balaban J connectivity index is 1.76. The summed E-state index contributed by atoms with van der Waals surface area (Å²) in [5.41, 5.74) is 4.54. The van der Waals surface area contributed by atoms with Crippen LogP contribution in [-0.2, 0) is 6.54 Å². The molecule has 2 aromatic heterocycles. The van der Waals surface area contributed by atoms with Crippen LogP contribution in [0.15, 0.2) is 48.8 Å². The third kappa shape index (κ3) is 4.42. The third-order valence-electron chi connectivity index (χ3n) is 3.93. The number of nitrogens with zero attached hydrogens (tertiary/aromatic N) is 3. The fourth-order valence-electron chi connectivity index (χ4n) is 2.53. The Kier molecular flexibility index (Phi) is 5.22. The number of aryl methyl sites for hydroxylation is 3. The average molecular weight is 347 g/mol. The van der Waals surface area contributed by atoms with Gasteiger partial charge in [-0.05, 0) is 55.7 Å². The summed E-state index contributed by atoms with van der Waals surface area (Å²) in [5, 5.41) is 6.15. The Morgan fingerprint density at radius 2 is 1.77 bits per heavy atom.